The molecule has 1 unspecified atom stereocenters. The van der Waals surface area contributed by atoms with Crippen molar-refractivity contribution in [3.05, 3.63) is 30.3 Å². The van der Waals surface area contributed by atoms with Crippen LogP contribution < -0.4 is 0 Å². The lowest BCUT2D eigenvalue weighted by Crippen LogP contribution is -2.38. The summed E-state index contributed by atoms with van der Waals surface area (Å²) in [6.45, 7) is 0.926. The number of carboxylic acid groups (broad SMARTS) is 1. The Balaban J connectivity index is 2.01. The van der Waals surface area contributed by atoms with Crippen LogP contribution in [0.3, 0.4) is 0 Å². The Morgan fingerprint density at radius 2 is 2.00 bits per heavy atom. The fourth-order valence-electron chi connectivity index (χ4n) is 2.36. The van der Waals surface area contributed by atoms with Crippen LogP contribution >= 0.6 is 0 Å². The topological polar surface area (TPSA) is 74.7 Å². The van der Waals surface area contributed by atoms with E-state index in [1.54, 1.807) is 35.2 Å². The first-order chi connectivity index (χ1) is 9.00. The summed E-state index contributed by atoms with van der Waals surface area (Å²) in [6, 6.07) is 7.72. The van der Waals surface area contributed by atoms with E-state index in [0.29, 0.717) is 17.9 Å². The molecule has 0 saturated carbocycles. The predicted octanol–water partition coefficient (Wildman–Crippen LogP) is 1.01. The number of carbonyl (C=O) groups is 1. The number of aliphatic carboxylic acids is 1. The van der Waals surface area contributed by atoms with E-state index >= 15 is 0 Å². The summed E-state index contributed by atoms with van der Waals surface area (Å²) in [5.41, 5.74) is 0. The van der Waals surface area contributed by atoms with Gasteiger partial charge in [0.2, 0.25) is 0 Å². The minimum Gasteiger partial charge on any atom is -0.480 e. The highest BCUT2D eigenvalue weighted by Crippen LogP contribution is 2.18. The van der Waals surface area contributed by atoms with Gasteiger partial charge < -0.3 is 5.11 Å². The number of likely N-dealkylation sites (tertiary alicyclic amines) is 1. The largest absolute Gasteiger partial charge is 0.480 e. The zero-order valence-electron chi connectivity index (χ0n) is 10.5. The molecular formula is C13H17NO4S. The van der Waals surface area contributed by atoms with Crippen LogP contribution in [0.1, 0.15) is 12.8 Å². The summed E-state index contributed by atoms with van der Waals surface area (Å²) in [5, 5.41) is 9.04. The van der Waals surface area contributed by atoms with Crippen LogP contribution in [0.2, 0.25) is 0 Å². The quantitative estimate of drug-likeness (QED) is 0.873. The summed E-state index contributed by atoms with van der Waals surface area (Å²) in [6.07, 6.45) is 1.41. The SMILES string of the molecule is O=C(O)C1CCCN1CCS(=O)(=O)c1ccccc1. The average molecular weight is 283 g/mol. The number of hydrogen-bond acceptors (Lipinski definition) is 4. The molecule has 0 aliphatic carbocycles. The van der Waals surface area contributed by atoms with E-state index in [1.807, 2.05) is 0 Å². The molecule has 0 bridgehead atoms. The Bertz CT molecular complexity index is 541. The van der Waals surface area contributed by atoms with Gasteiger partial charge in [-0.2, -0.15) is 0 Å². The van der Waals surface area contributed by atoms with Crippen molar-refractivity contribution in [3.8, 4) is 0 Å². The summed E-state index contributed by atoms with van der Waals surface area (Å²) >= 11 is 0. The van der Waals surface area contributed by atoms with Gasteiger partial charge in [-0.15, -0.1) is 0 Å². The summed E-state index contributed by atoms with van der Waals surface area (Å²) < 4.78 is 24.2. The van der Waals surface area contributed by atoms with Crippen LogP contribution in [0.5, 0.6) is 0 Å². The molecule has 1 atom stereocenters. The lowest BCUT2D eigenvalue weighted by atomic mass is 10.2. The highest BCUT2D eigenvalue weighted by molar-refractivity contribution is 7.91. The minimum atomic E-state index is -3.33. The second-order valence-electron chi connectivity index (χ2n) is 4.66. The molecule has 1 heterocycles. The van der Waals surface area contributed by atoms with Gasteiger partial charge in [-0.1, -0.05) is 18.2 Å². The van der Waals surface area contributed by atoms with Gasteiger partial charge in [0.25, 0.3) is 0 Å². The molecule has 6 heteroatoms. The molecule has 2 rings (SSSR count). The van der Waals surface area contributed by atoms with Crippen LogP contribution in [-0.2, 0) is 14.6 Å². The monoisotopic (exact) mass is 283 g/mol. The van der Waals surface area contributed by atoms with E-state index in [1.165, 1.54) is 0 Å². The van der Waals surface area contributed by atoms with E-state index in [4.69, 9.17) is 5.11 Å². The van der Waals surface area contributed by atoms with Gasteiger partial charge in [-0.25, -0.2) is 8.42 Å². The normalized spacial score (nSPS) is 20.5. The second kappa shape index (κ2) is 5.71. The maximum absolute atomic E-state index is 12.1. The van der Waals surface area contributed by atoms with E-state index in [-0.39, 0.29) is 12.3 Å². The molecule has 1 aliphatic rings. The molecule has 0 spiro atoms. The second-order valence-corrected chi connectivity index (χ2v) is 6.77. The number of rotatable bonds is 5. The van der Waals surface area contributed by atoms with Crippen LogP contribution in [0.15, 0.2) is 35.2 Å². The molecule has 1 aromatic carbocycles. The number of nitrogens with zero attached hydrogens (tertiary/aromatic N) is 1. The lowest BCUT2D eigenvalue weighted by Gasteiger charge is -2.20. The first-order valence-electron chi connectivity index (χ1n) is 6.25. The van der Waals surface area contributed by atoms with Crippen LogP contribution in [-0.4, -0.2) is 49.3 Å². The van der Waals surface area contributed by atoms with Gasteiger partial charge >= 0.3 is 5.97 Å². The van der Waals surface area contributed by atoms with Gasteiger partial charge in [-0.05, 0) is 31.5 Å². The maximum atomic E-state index is 12.1. The zero-order valence-corrected chi connectivity index (χ0v) is 11.3. The molecule has 0 aromatic heterocycles. The van der Waals surface area contributed by atoms with Crippen molar-refractivity contribution in [1.29, 1.82) is 0 Å². The Morgan fingerprint density at radius 1 is 1.32 bits per heavy atom. The lowest BCUT2D eigenvalue weighted by molar-refractivity contribution is -0.142. The van der Waals surface area contributed by atoms with Crippen molar-refractivity contribution in [2.45, 2.75) is 23.8 Å². The highest BCUT2D eigenvalue weighted by atomic mass is 32.2. The van der Waals surface area contributed by atoms with Crippen LogP contribution in [0.25, 0.3) is 0 Å². The standard InChI is InChI=1S/C13H17NO4S/c15-13(16)12-7-4-8-14(12)9-10-19(17,18)11-5-2-1-3-6-11/h1-3,5-6,12H,4,7-10H2,(H,15,16). The number of carboxylic acids is 1. The Kier molecular flexibility index (Phi) is 4.21. The summed E-state index contributed by atoms with van der Waals surface area (Å²) in [7, 11) is -3.33. The summed E-state index contributed by atoms with van der Waals surface area (Å²) in [5.74, 6) is -0.907. The van der Waals surface area contributed by atoms with Crippen molar-refractivity contribution in [3.63, 3.8) is 0 Å². The van der Waals surface area contributed by atoms with Crippen molar-refractivity contribution in [2.24, 2.45) is 0 Å². The molecule has 0 radical (unpaired) electrons. The van der Waals surface area contributed by atoms with Gasteiger partial charge in [0.05, 0.1) is 10.6 Å². The number of benzene rings is 1. The van der Waals surface area contributed by atoms with Crippen molar-refractivity contribution >= 4 is 15.8 Å². The zero-order chi connectivity index (χ0) is 13.9. The predicted molar refractivity (Wildman–Crippen MR) is 70.7 cm³/mol. The van der Waals surface area contributed by atoms with Crippen LogP contribution in [0, 0.1) is 0 Å². The number of sulfone groups is 1. The third-order valence-electron chi connectivity index (χ3n) is 3.40. The van der Waals surface area contributed by atoms with Gasteiger partial charge in [0.15, 0.2) is 9.84 Å². The van der Waals surface area contributed by atoms with Crippen LogP contribution in [0.4, 0.5) is 0 Å². The molecule has 1 saturated heterocycles. The third kappa shape index (κ3) is 3.33. The third-order valence-corrected chi connectivity index (χ3v) is 5.11. The first-order valence-corrected chi connectivity index (χ1v) is 7.90. The summed E-state index contributed by atoms with van der Waals surface area (Å²) in [4.78, 5) is 13.0. The van der Waals surface area contributed by atoms with Gasteiger partial charge in [0.1, 0.15) is 6.04 Å². The smallest absolute Gasteiger partial charge is 0.320 e. The van der Waals surface area contributed by atoms with E-state index in [2.05, 4.69) is 0 Å². The molecule has 1 fully saturated rings. The molecule has 1 aromatic rings. The van der Waals surface area contributed by atoms with E-state index in [9.17, 15) is 13.2 Å². The molecule has 0 amide bonds. The Morgan fingerprint density at radius 3 is 2.63 bits per heavy atom. The highest BCUT2D eigenvalue weighted by Gasteiger charge is 2.31. The molecule has 1 N–H and O–H groups in total. The Hall–Kier alpha value is -1.40. The van der Waals surface area contributed by atoms with Gasteiger partial charge in [-0.3, -0.25) is 9.69 Å². The minimum absolute atomic E-state index is 0.0409. The Labute approximate surface area is 112 Å². The molecular weight excluding hydrogens is 266 g/mol. The van der Waals surface area contributed by atoms with E-state index < -0.39 is 21.8 Å². The maximum Gasteiger partial charge on any atom is 0.320 e. The molecule has 104 valence electrons. The van der Waals surface area contributed by atoms with Gasteiger partial charge in [0, 0.05) is 6.54 Å². The van der Waals surface area contributed by atoms with Crippen molar-refractivity contribution in [2.75, 3.05) is 18.8 Å². The fourth-order valence-corrected chi connectivity index (χ4v) is 3.64. The van der Waals surface area contributed by atoms with Crippen molar-refractivity contribution in [1.82, 2.24) is 4.90 Å². The molecule has 19 heavy (non-hydrogen) atoms. The number of hydrogen-bond donors (Lipinski definition) is 1. The first kappa shape index (κ1) is 14.0. The van der Waals surface area contributed by atoms with E-state index in [0.717, 1.165) is 6.42 Å². The fraction of sp³-hybridized carbons (Fsp3) is 0.462. The molecule has 5 nitrogen and oxygen atoms in total. The van der Waals surface area contributed by atoms with Crippen molar-refractivity contribution < 1.29 is 18.3 Å². The molecule has 1 aliphatic heterocycles. The average Bonchev–Trinajstić information content (AvgIpc) is 2.86.